The zero-order chi connectivity index (χ0) is 40.5. The molecule has 3 nitrogen and oxygen atoms in total. The molecule has 0 N–H and O–H groups in total. The van der Waals surface area contributed by atoms with Crippen LogP contribution in [0.5, 0.6) is 0 Å². The van der Waals surface area contributed by atoms with E-state index in [9.17, 15) is 0 Å². The van der Waals surface area contributed by atoms with Crippen LogP contribution in [-0.2, 0) is 0 Å². The van der Waals surface area contributed by atoms with Gasteiger partial charge in [0.1, 0.15) is 5.69 Å². The summed E-state index contributed by atoms with van der Waals surface area (Å²) in [6.07, 6.45) is 0. The summed E-state index contributed by atoms with van der Waals surface area (Å²) in [7, 11) is 0. The average Bonchev–Trinajstić information content (AvgIpc) is 3.76. The Morgan fingerprint density at radius 3 is 1.31 bits per heavy atom. The second kappa shape index (κ2) is 15.6. The quantitative estimate of drug-likeness (QED) is 0.154. The van der Waals surface area contributed by atoms with Crippen LogP contribution in [0.3, 0.4) is 0 Å². The van der Waals surface area contributed by atoms with E-state index in [1.807, 2.05) is 0 Å². The van der Waals surface area contributed by atoms with Crippen LogP contribution in [0.2, 0.25) is 0 Å². The van der Waals surface area contributed by atoms with E-state index >= 15 is 0 Å². The molecular weight excluding hydrogens is 739 g/mol. The fraction of sp³-hybridized carbons (Fsp3) is 0. The van der Waals surface area contributed by atoms with E-state index in [1.54, 1.807) is 0 Å². The molecule has 8 aromatic carbocycles. The van der Waals surface area contributed by atoms with E-state index in [2.05, 4.69) is 241 Å². The van der Waals surface area contributed by atoms with Crippen LogP contribution < -0.4 is 0 Å². The number of aromatic nitrogens is 3. The van der Waals surface area contributed by atoms with Crippen LogP contribution in [-0.4, -0.2) is 14.6 Å². The number of benzene rings is 8. The van der Waals surface area contributed by atoms with E-state index in [0.29, 0.717) is 0 Å². The summed E-state index contributed by atoms with van der Waals surface area (Å²) in [5.41, 5.74) is 18.2. The standard InChI is InChI=1S/C58H39N3/c1-7-20-40(21-8-1)46-34-47(41-22-9-2-10-23-41)36-49(35-46)54-38-48(37-53(59-54)42-24-11-3-12-25-42)50-32-19-33-51-52(50)39-55(43-26-13-4-14-27-43)61-58(51)56(44-28-15-5-16-29-44)57(60-61)45-30-17-6-18-31-45/h1-39H. The Labute approximate surface area is 355 Å². The topological polar surface area (TPSA) is 30.2 Å². The Balaban J connectivity index is 1.21. The zero-order valence-corrected chi connectivity index (χ0v) is 33.4. The fourth-order valence-corrected chi connectivity index (χ4v) is 8.67. The lowest BCUT2D eigenvalue weighted by atomic mass is 9.91. The second-order valence-electron chi connectivity index (χ2n) is 15.4. The first kappa shape index (κ1) is 36.0. The number of pyridine rings is 2. The van der Waals surface area contributed by atoms with Gasteiger partial charge in [-0.25, -0.2) is 9.50 Å². The maximum atomic E-state index is 5.47. The minimum absolute atomic E-state index is 0.911. The van der Waals surface area contributed by atoms with E-state index in [1.165, 1.54) is 0 Å². The van der Waals surface area contributed by atoms with Gasteiger partial charge in [-0.05, 0) is 80.7 Å². The molecule has 0 unspecified atom stereocenters. The lowest BCUT2D eigenvalue weighted by molar-refractivity contribution is 0.979. The van der Waals surface area contributed by atoms with Crippen molar-refractivity contribution >= 4 is 16.3 Å². The van der Waals surface area contributed by atoms with Crippen molar-refractivity contribution in [3.63, 3.8) is 0 Å². The van der Waals surface area contributed by atoms with Crippen LogP contribution >= 0.6 is 0 Å². The SMILES string of the molecule is c1ccc(-c2cc(-c3ccccc3)cc(-c3cc(-c4cccc5c4cc(-c4ccccc4)n4nc(-c6ccccc6)c(-c6ccccc6)c54)cc(-c4ccccc4)n3)c2)cc1. The predicted molar refractivity (Wildman–Crippen MR) is 254 cm³/mol. The van der Waals surface area contributed by atoms with Gasteiger partial charge in [-0.2, -0.15) is 5.10 Å². The largest absolute Gasteiger partial charge is 0.248 e. The van der Waals surface area contributed by atoms with Crippen molar-refractivity contribution in [1.29, 1.82) is 0 Å². The molecule has 286 valence electrons. The maximum Gasteiger partial charge on any atom is 0.101 e. The average molecular weight is 778 g/mol. The van der Waals surface area contributed by atoms with Gasteiger partial charge in [-0.15, -0.1) is 0 Å². The monoisotopic (exact) mass is 777 g/mol. The molecule has 0 saturated carbocycles. The van der Waals surface area contributed by atoms with Gasteiger partial charge >= 0.3 is 0 Å². The summed E-state index contributed by atoms with van der Waals surface area (Å²) >= 11 is 0. The molecule has 0 aliphatic heterocycles. The van der Waals surface area contributed by atoms with Crippen LogP contribution in [0, 0.1) is 0 Å². The molecule has 0 amide bonds. The van der Waals surface area contributed by atoms with Crippen molar-refractivity contribution in [3.05, 3.63) is 237 Å². The van der Waals surface area contributed by atoms with Crippen molar-refractivity contribution in [2.45, 2.75) is 0 Å². The van der Waals surface area contributed by atoms with Gasteiger partial charge in [-0.3, -0.25) is 0 Å². The van der Waals surface area contributed by atoms with Gasteiger partial charge in [0.15, 0.2) is 0 Å². The second-order valence-corrected chi connectivity index (χ2v) is 15.4. The van der Waals surface area contributed by atoms with E-state index in [4.69, 9.17) is 10.1 Å². The Bertz CT molecular complexity index is 3250. The van der Waals surface area contributed by atoms with Gasteiger partial charge < -0.3 is 0 Å². The summed E-state index contributed by atoms with van der Waals surface area (Å²) in [4.78, 5) is 5.44. The van der Waals surface area contributed by atoms with Gasteiger partial charge in [-0.1, -0.05) is 200 Å². The molecule has 0 aliphatic rings. The lowest BCUT2D eigenvalue weighted by Crippen LogP contribution is -1.97. The number of nitrogens with zero attached hydrogens (tertiary/aromatic N) is 3. The van der Waals surface area contributed by atoms with E-state index in [-0.39, 0.29) is 0 Å². The highest BCUT2D eigenvalue weighted by Crippen LogP contribution is 2.44. The first-order valence-electron chi connectivity index (χ1n) is 20.7. The minimum Gasteiger partial charge on any atom is -0.248 e. The zero-order valence-electron chi connectivity index (χ0n) is 33.4. The van der Waals surface area contributed by atoms with Crippen molar-refractivity contribution < 1.29 is 0 Å². The van der Waals surface area contributed by atoms with Gasteiger partial charge in [0.25, 0.3) is 0 Å². The van der Waals surface area contributed by atoms with Crippen molar-refractivity contribution in [1.82, 2.24) is 14.6 Å². The smallest absolute Gasteiger partial charge is 0.101 e. The molecule has 11 rings (SSSR count). The molecule has 61 heavy (non-hydrogen) atoms. The molecule has 0 aliphatic carbocycles. The Morgan fingerprint density at radius 2 is 0.754 bits per heavy atom. The number of rotatable bonds is 8. The number of hydrogen-bond acceptors (Lipinski definition) is 2. The molecule has 0 bridgehead atoms. The summed E-state index contributed by atoms with van der Waals surface area (Å²) in [6.45, 7) is 0. The summed E-state index contributed by atoms with van der Waals surface area (Å²) in [5, 5.41) is 7.74. The Kier molecular flexibility index (Phi) is 9.18. The Hall–Kier alpha value is -8.14. The molecule has 3 aromatic heterocycles. The van der Waals surface area contributed by atoms with E-state index in [0.717, 1.165) is 106 Å². The first-order valence-corrected chi connectivity index (χ1v) is 20.7. The summed E-state index contributed by atoms with van der Waals surface area (Å²) in [6, 6.07) is 84.1. The van der Waals surface area contributed by atoms with Crippen LogP contribution in [0.1, 0.15) is 0 Å². The van der Waals surface area contributed by atoms with Crippen molar-refractivity contribution in [2.24, 2.45) is 0 Å². The van der Waals surface area contributed by atoms with E-state index < -0.39 is 0 Å². The van der Waals surface area contributed by atoms with Crippen molar-refractivity contribution in [3.8, 4) is 89.5 Å². The highest BCUT2D eigenvalue weighted by Gasteiger charge is 2.23. The molecular formula is C58H39N3. The molecule has 0 fully saturated rings. The summed E-state index contributed by atoms with van der Waals surface area (Å²) < 4.78 is 2.17. The highest BCUT2D eigenvalue weighted by molar-refractivity contribution is 6.12. The molecule has 0 atom stereocenters. The summed E-state index contributed by atoms with van der Waals surface area (Å²) in [5.74, 6) is 0. The third-order valence-corrected chi connectivity index (χ3v) is 11.6. The molecule has 3 heterocycles. The molecule has 0 radical (unpaired) electrons. The molecule has 3 heteroatoms. The van der Waals surface area contributed by atoms with Gasteiger partial charge in [0, 0.05) is 33.2 Å². The highest BCUT2D eigenvalue weighted by atomic mass is 15.2. The van der Waals surface area contributed by atoms with Gasteiger partial charge in [0.05, 0.1) is 22.6 Å². The third kappa shape index (κ3) is 6.78. The minimum atomic E-state index is 0.911. The Morgan fingerprint density at radius 1 is 0.295 bits per heavy atom. The van der Waals surface area contributed by atoms with Crippen LogP contribution in [0.4, 0.5) is 0 Å². The van der Waals surface area contributed by atoms with Crippen LogP contribution in [0.15, 0.2) is 237 Å². The van der Waals surface area contributed by atoms with Gasteiger partial charge in [0.2, 0.25) is 0 Å². The molecule has 0 saturated heterocycles. The van der Waals surface area contributed by atoms with Crippen molar-refractivity contribution in [2.75, 3.05) is 0 Å². The fourth-order valence-electron chi connectivity index (χ4n) is 8.67. The van der Waals surface area contributed by atoms with Crippen LogP contribution in [0.25, 0.3) is 106 Å². The molecule has 0 spiro atoms. The predicted octanol–water partition coefficient (Wildman–Crippen LogP) is 15.2. The number of hydrogen-bond donors (Lipinski definition) is 0. The maximum absolute atomic E-state index is 5.47. The number of fused-ring (bicyclic) bond motifs is 3. The third-order valence-electron chi connectivity index (χ3n) is 11.6. The lowest BCUT2D eigenvalue weighted by Gasteiger charge is -2.16. The normalized spacial score (nSPS) is 11.3. The first-order chi connectivity index (χ1) is 30.2. The molecule has 11 aromatic rings.